The highest BCUT2D eigenvalue weighted by molar-refractivity contribution is 6.03. The van der Waals surface area contributed by atoms with Crippen molar-refractivity contribution in [2.75, 3.05) is 5.32 Å². The number of hydrogen-bond donors (Lipinski definition) is 1. The van der Waals surface area contributed by atoms with Crippen LogP contribution in [0.4, 0.5) is 5.69 Å². The molecular formula is C19H15N5O2. The highest BCUT2D eigenvalue weighted by atomic mass is 16.3. The van der Waals surface area contributed by atoms with Gasteiger partial charge in [0.25, 0.3) is 5.91 Å². The number of nitrogens with zero attached hydrogens (tertiary/aromatic N) is 4. The summed E-state index contributed by atoms with van der Waals surface area (Å²) in [7, 11) is 0. The summed E-state index contributed by atoms with van der Waals surface area (Å²) >= 11 is 0. The predicted octanol–water partition coefficient (Wildman–Crippen LogP) is 3.54. The summed E-state index contributed by atoms with van der Waals surface area (Å²) in [6, 6.07) is 10.8. The number of oxazole rings is 1. The van der Waals surface area contributed by atoms with Crippen molar-refractivity contribution >= 4 is 22.7 Å². The molecule has 5 rings (SSSR count). The number of fused-ring (bicyclic) bond motifs is 1. The molecule has 128 valence electrons. The summed E-state index contributed by atoms with van der Waals surface area (Å²) in [4.78, 5) is 21.2. The van der Waals surface area contributed by atoms with Crippen molar-refractivity contribution in [3.8, 4) is 5.69 Å². The van der Waals surface area contributed by atoms with Crippen LogP contribution in [-0.4, -0.2) is 25.7 Å². The van der Waals surface area contributed by atoms with Crippen molar-refractivity contribution in [2.45, 2.75) is 18.8 Å². The van der Waals surface area contributed by atoms with Gasteiger partial charge in [-0.1, -0.05) is 0 Å². The van der Waals surface area contributed by atoms with Crippen molar-refractivity contribution in [3.05, 3.63) is 66.6 Å². The molecule has 0 aliphatic heterocycles. The van der Waals surface area contributed by atoms with Crippen LogP contribution in [-0.2, 0) is 0 Å². The SMILES string of the molecule is O=C(Nc1ccc2nc(C3CC3)oc2c1)c1cc(-n2cccn2)ccn1. The fraction of sp³-hybridized carbons (Fsp3) is 0.158. The number of hydrogen-bond acceptors (Lipinski definition) is 5. The number of pyridine rings is 1. The number of anilines is 1. The van der Waals surface area contributed by atoms with E-state index in [-0.39, 0.29) is 5.91 Å². The zero-order chi connectivity index (χ0) is 17.5. The largest absolute Gasteiger partial charge is 0.440 e. The van der Waals surface area contributed by atoms with Gasteiger partial charge in [-0.05, 0) is 43.2 Å². The lowest BCUT2D eigenvalue weighted by molar-refractivity contribution is 0.102. The fourth-order valence-electron chi connectivity index (χ4n) is 2.83. The van der Waals surface area contributed by atoms with E-state index >= 15 is 0 Å². The first-order valence-electron chi connectivity index (χ1n) is 8.44. The van der Waals surface area contributed by atoms with Crippen LogP contribution in [0.1, 0.15) is 35.1 Å². The number of rotatable bonds is 4. The minimum atomic E-state index is -0.291. The van der Waals surface area contributed by atoms with Crippen LogP contribution in [0.2, 0.25) is 0 Å². The number of nitrogens with one attached hydrogen (secondary N) is 1. The molecule has 1 N–H and O–H groups in total. The molecule has 1 fully saturated rings. The Labute approximate surface area is 148 Å². The molecule has 0 radical (unpaired) electrons. The van der Waals surface area contributed by atoms with E-state index in [4.69, 9.17) is 4.42 Å². The van der Waals surface area contributed by atoms with Gasteiger partial charge in [-0.25, -0.2) is 9.67 Å². The van der Waals surface area contributed by atoms with Gasteiger partial charge >= 0.3 is 0 Å². The van der Waals surface area contributed by atoms with Gasteiger partial charge in [-0.3, -0.25) is 9.78 Å². The van der Waals surface area contributed by atoms with E-state index in [1.165, 1.54) is 0 Å². The van der Waals surface area contributed by atoms with Crippen LogP contribution >= 0.6 is 0 Å². The minimum absolute atomic E-state index is 0.291. The Bertz CT molecular complexity index is 1100. The molecule has 1 aliphatic rings. The van der Waals surface area contributed by atoms with E-state index in [9.17, 15) is 4.79 Å². The van der Waals surface area contributed by atoms with Crippen LogP contribution in [0.5, 0.6) is 0 Å². The smallest absolute Gasteiger partial charge is 0.274 e. The maximum atomic E-state index is 12.5. The highest BCUT2D eigenvalue weighted by Crippen LogP contribution is 2.40. The van der Waals surface area contributed by atoms with E-state index in [1.54, 1.807) is 35.3 Å². The number of carbonyl (C=O) groups excluding carboxylic acids is 1. The van der Waals surface area contributed by atoms with Crippen molar-refractivity contribution < 1.29 is 9.21 Å². The molecule has 0 atom stereocenters. The van der Waals surface area contributed by atoms with Crippen LogP contribution in [0.15, 0.2) is 59.4 Å². The van der Waals surface area contributed by atoms with Gasteiger partial charge in [0.2, 0.25) is 0 Å². The van der Waals surface area contributed by atoms with Gasteiger partial charge < -0.3 is 9.73 Å². The van der Waals surface area contributed by atoms with Gasteiger partial charge in [0.1, 0.15) is 11.2 Å². The van der Waals surface area contributed by atoms with E-state index in [0.29, 0.717) is 22.9 Å². The molecule has 7 heteroatoms. The van der Waals surface area contributed by atoms with Crippen molar-refractivity contribution in [3.63, 3.8) is 0 Å². The third kappa shape index (κ3) is 2.73. The molecule has 4 aromatic rings. The summed E-state index contributed by atoms with van der Waals surface area (Å²) in [6.45, 7) is 0. The Hall–Kier alpha value is -3.48. The molecule has 1 aliphatic carbocycles. The summed E-state index contributed by atoms with van der Waals surface area (Å²) in [5.74, 6) is 0.951. The quantitative estimate of drug-likeness (QED) is 0.611. The Morgan fingerprint density at radius 3 is 2.92 bits per heavy atom. The second-order valence-corrected chi connectivity index (χ2v) is 6.31. The lowest BCUT2D eigenvalue weighted by Crippen LogP contribution is -2.14. The number of aromatic nitrogens is 4. The van der Waals surface area contributed by atoms with Crippen LogP contribution in [0, 0.1) is 0 Å². The monoisotopic (exact) mass is 345 g/mol. The molecule has 0 bridgehead atoms. The molecular weight excluding hydrogens is 330 g/mol. The summed E-state index contributed by atoms with van der Waals surface area (Å²) in [5, 5.41) is 7.02. The zero-order valence-electron chi connectivity index (χ0n) is 13.8. The Balaban J connectivity index is 1.39. The molecule has 7 nitrogen and oxygen atoms in total. The third-order valence-electron chi connectivity index (χ3n) is 4.33. The van der Waals surface area contributed by atoms with E-state index in [0.717, 1.165) is 29.9 Å². The van der Waals surface area contributed by atoms with Gasteiger partial charge in [0, 0.05) is 36.3 Å². The topological polar surface area (TPSA) is 85.8 Å². The standard InChI is InChI=1S/C19H15N5O2/c25-18(16-11-14(6-8-20-16)24-9-1-7-21-24)22-13-4-5-15-17(10-13)26-19(23-15)12-2-3-12/h1,4-12H,2-3H2,(H,22,25). The molecule has 3 aromatic heterocycles. The van der Waals surface area contributed by atoms with Crippen molar-refractivity contribution in [2.24, 2.45) is 0 Å². The van der Waals surface area contributed by atoms with Crippen molar-refractivity contribution in [1.82, 2.24) is 19.7 Å². The van der Waals surface area contributed by atoms with Crippen LogP contribution in [0.3, 0.4) is 0 Å². The molecule has 26 heavy (non-hydrogen) atoms. The predicted molar refractivity (Wildman–Crippen MR) is 95.3 cm³/mol. The molecule has 0 spiro atoms. The Kier molecular flexibility index (Phi) is 3.31. The molecule has 0 unspecified atom stereocenters. The first kappa shape index (κ1) is 14.8. The molecule has 1 aromatic carbocycles. The maximum absolute atomic E-state index is 12.5. The lowest BCUT2D eigenvalue weighted by Gasteiger charge is -2.06. The lowest BCUT2D eigenvalue weighted by atomic mass is 10.2. The van der Waals surface area contributed by atoms with Crippen molar-refractivity contribution in [1.29, 1.82) is 0 Å². The average Bonchev–Trinajstić information content (AvgIpc) is 3.19. The van der Waals surface area contributed by atoms with E-state index in [2.05, 4.69) is 20.4 Å². The summed E-state index contributed by atoms with van der Waals surface area (Å²) < 4.78 is 7.48. The Morgan fingerprint density at radius 1 is 1.19 bits per heavy atom. The van der Waals surface area contributed by atoms with E-state index < -0.39 is 0 Å². The first-order valence-corrected chi connectivity index (χ1v) is 8.44. The second-order valence-electron chi connectivity index (χ2n) is 6.31. The highest BCUT2D eigenvalue weighted by Gasteiger charge is 2.28. The number of carbonyl (C=O) groups is 1. The summed E-state index contributed by atoms with van der Waals surface area (Å²) in [5.41, 5.74) is 3.23. The zero-order valence-corrected chi connectivity index (χ0v) is 13.8. The third-order valence-corrected chi connectivity index (χ3v) is 4.33. The van der Waals surface area contributed by atoms with Crippen LogP contribution < -0.4 is 5.32 Å². The first-order chi connectivity index (χ1) is 12.8. The Morgan fingerprint density at radius 2 is 2.12 bits per heavy atom. The van der Waals surface area contributed by atoms with E-state index in [1.807, 2.05) is 24.4 Å². The molecule has 1 saturated carbocycles. The average molecular weight is 345 g/mol. The van der Waals surface area contributed by atoms with Gasteiger partial charge in [0.05, 0.1) is 5.69 Å². The molecule has 1 amide bonds. The van der Waals surface area contributed by atoms with Crippen LogP contribution in [0.25, 0.3) is 16.8 Å². The molecule has 0 saturated heterocycles. The number of benzene rings is 1. The van der Waals surface area contributed by atoms with Gasteiger partial charge in [-0.15, -0.1) is 0 Å². The number of amides is 1. The normalized spacial score (nSPS) is 13.8. The van der Waals surface area contributed by atoms with Gasteiger partial charge in [-0.2, -0.15) is 5.10 Å². The second kappa shape index (κ2) is 5.80. The molecule has 3 heterocycles. The minimum Gasteiger partial charge on any atom is -0.440 e. The van der Waals surface area contributed by atoms with Gasteiger partial charge in [0.15, 0.2) is 11.5 Å². The summed E-state index contributed by atoms with van der Waals surface area (Å²) in [6.07, 6.45) is 7.35. The fourth-order valence-corrected chi connectivity index (χ4v) is 2.83. The maximum Gasteiger partial charge on any atom is 0.274 e.